The van der Waals surface area contributed by atoms with Crippen LogP contribution in [0.4, 0.5) is 18.9 Å². The van der Waals surface area contributed by atoms with Gasteiger partial charge in [-0.05, 0) is 48.9 Å². The standard InChI is InChI=1S/C26H25F3N4O/c1-2-34-31-25(19-8-9-20(27)22(29)11-19)23-10-7-18(12-30-23)13-32-14-26(15-32)16-33(17-26)24-6-4-3-5-21(24)28/h3-12H,2,13-17H2,1H3/b31-25+. The average molecular weight is 467 g/mol. The van der Waals surface area contributed by atoms with Crippen LogP contribution in [0.5, 0.6) is 0 Å². The first kappa shape index (κ1) is 22.4. The highest BCUT2D eigenvalue weighted by molar-refractivity contribution is 6.11. The summed E-state index contributed by atoms with van der Waals surface area (Å²) in [7, 11) is 0. The number of hydrogen-bond donors (Lipinski definition) is 0. The van der Waals surface area contributed by atoms with Crippen LogP contribution in [0.3, 0.4) is 0 Å². The van der Waals surface area contributed by atoms with E-state index in [-0.39, 0.29) is 11.2 Å². The number of halogens is 3. The topological polar surface area (TPSA) is 41.0 Å². The normalized spacial score (nSPS) is 17.4. The zero-order valence-corrected chi connectivity index (χ0v) is 18.8. The predicted octanol–water partition coefficient (Wildman–Crippen LogP) is 4.61. The lowest BCUT2D eigenvalue weighted by Gasteiger charge is -2.61. The summed E-state index contributed by atoms with van der Waals surface area (Å²) in [4.78, 5) is 14.1. The number of pyridine rings is 1. The van der Waals surface area contributed by atoms with Crippen molar-refractivity contribution in [2.45, 2.75) is 13.5 Å². The molecule has 2 fully saturated rings. The van der Waals surface area contributed by atoms with E-state index in [1.807, 2.05) is 24.3 Å². The van der Waals surface area contributed by atoms with Gasteiger partial charge < -0.3 is 9.74 Å². The molecule has 2 aliphatic heterocycles. The second-order valence-electron chi connectivity index (χ2n) is 8.99. The number of anilines is 1. The van der Waals surface area contributed by atoms with E-state index < -0.39 is 11.6 Å². The molecule has 34 heavy (non-hydrogen) atoms. The summed E-state index contributed by atoms with van der Waals surface area (Å²) in [5, 5.41) is 4.07. The number of rotatable bonds is 7. The summed E-state index contributed by atoms with van der Waals surface area (Å²) in [5.74, 6) is -2.04. The first-order valence-electron chi connectivity index (χ1n) is 11.3. The van der Waals surface area contributed by atoms with Crippen LogP contribution in [0.25, 0.3) is 0 Å². The molecule has 1 aromatic heterocycles. The molecule has 0 radical (unpaired) electrons. The Morgan fingerprint density at radius 2 is 1.76 bits per heavy atom. The Bertz CT molecular complexity index is 1200. The largest absolute Gasteiger partial charge is 0.396 e. The van der Waals surface area contributed by atoms with Gasteiger partial charge in [0.15, 0.2) is 11.6 Å². The fourth-order valence-electron chi connectivity index (χ4n) is 4.79. The van der Waals surface area contributed by atoms with Crippen molar-refractivity contribution in [2.75, 3.05) is 37.7 Å². The van der Waals surface area contributed by atoms with Crippen LogP contribution < -0.4 is 4.90 Å². The minimum Gasteiger partial charge on any atom is -0.396 e. The molecule has 8 heteroatoms. The number of benzene rings is 2. The smallest absolute Gasteiger partial charge is 0.159 e. The number of likely N-dealkylation sites (tertiary alicyclic amines) is 1. The monoisotopic (exact) mass is 466 g/mol. The Balaban J connectivity index is 1.20. The van der Waals surface area contributed by atoms with Crippen molar-refractivity contribution in [3.8, 4) is 0 Å². The number of oxime groups is 1. The summed E-state index contributed by atoms with van der Waals surface area (Å²) in [6.07, 6.45) is 1.77. The van der Waals surface area contributed by atoms with Gasteiger partial charge in [0.25, 0.3) is 0 Å². The molecular weight excluding hydrogens is 441 g/mol. The maximum Gasteiger partial charge on any atom is 0.159 e. The highest BCUT2D eigenvalue weighted by atomic mass is 19.2. The van der Waals surface area contributed by atoms with Crippen LogP contribution in [-0.2, 0) is 11.4 Å². The van der Waals surface area contributed by atoms with Gasteiger partial charge in [-0.25, -0.2) is 13.2 Å². The maximum absolute atomic E-state index is 14.0. The molecule has 0 N–H and O–H groups in total. The third-order valence-electron chi connectivity index (χ3n) is 6.32. The molecule has 2 aliphatic rings. The highest BCUT2D eigenvalue weighted by Crippen LogP contribution is 2.42. The van der Waals surface area contributed by atoms with E-state index in [9.17, 15) is 13.2 Å². The summed E-state index contributed by atoms with van der Waals surface area (Å²) in [6.45, 7) is 6.56. The van der Waals surface area contributed by atoms with E-state index in [1.54, 1.807) is 19.2 Å². The zero-order chi connectivity index (χ0) is 23.7. The van der Waals surface area contributed by atoms with Crippen LogP contribution >= 0.6 is 0 Å². The molecular formula is C26H25F3N4O. The first-order valence-corrected chi connectivity index (χ1v) is 11.3. The lowest BCUT2D eigenvalue weighted by Crippen LogP contribution is -2.72. The van der Waals surface area contributed by atoms with E-state index >= 15 is 0 Å². The quantitative estimate of drug-likeness (QED) is 0.377. The summed E-state index contributed by atoms with van der Waals surface area (Å²) >= 11 is 0. The Kier molecular flexibility index (Phi) is 6.00. The van der Waals surface area contributed by atoms with Crippen molar-refractivity contribution >= 4 is 11.4 Å². The van der Waals surface area contributed by atoms with Gasteiger partial charge in [-0.2, -0.15) is 0 Å². The molecule has 2 saturated heterocycles. The van der Waals surface area contributed by atoms with E-state index in [0.717, 1.165) is 50.4 Å². The van der Waals surface area contributed by atoms with E-state index in [4.69, 9.17) is 4.84 Å². The Morgan fingerprint density at radius 1 is 0.971 bits per heavy atom. The third-order valence-corrected chi connectivity index (χ3v) is 6.32. The summed E-state index contributed by atoms with van der Waals surface area (Å²) in [5.41, 5.74) is 3.21. The molecule has 5 nitrogen and oxygen atoms in total. The molecule has 5 rings (SSSR count). The highest BCUT2D eigenvalue weighted by Gasteiger charge is 2.51. The first-order chi connectivity index (χ1) is 16.5. The van der Waals surface area contributed by atoms with Gasteiger partial charge in [0.1, 0.15) is 18.1 Å². The van der Waals surface area contributed by atoms with Crippen LogP contribution in [0.15, 0.2) is 65.9 Å². The Hall–Kier alpha value is -3.39. The second-order valence-corrected chi connectivity index (χ2v) is 8.99. The molecule has 0 atom stereocenters. The molecule has 176 valence electrons. The van der Waals surface area contributed by atoms with E-state index in [1.165, 1.54) is 12.1 Å². The number of aromatic nitrogens is 1. The molecule has 0 amide bonds. The molecule has 0 unspecified atom stereocenters. The van der Waals surface area contributed by atoms with Gasteiger partial charge in [0.05, 0.1) is 11.4 Å². The fourth-order valence-corrected chi connectivity index (χ4v) is 4.79. The Morgan fingerprint density at radius 3 is 2.44 bits per heavy atom. The lowest BCUT2D eigenvalue weighted by molar-refractivity contribution is -0.0276. The van der Waals surface area contributed by atoms with Crippen molar-refractivity contribution in [3.05, 3.63) is 95.1 Å². The molecule has 2 aromatic carbocycles. The minimum atomic E-state index is -0.949. The Labute approximate surface area is 196 Å². The van der Waals surface area contributed by atoms with Crippen LogP contribution in [0.1, 0.15) is 23.7 Å². The number of para-hydroxylation sites is 1. The molecule has 3 heterocycles. The van der Waals surface area contributed by atoms with Crippen LogP contribution in [0.2, 0.25) is 0 Å². The van der Waals surface area contributed by atoms with Gasteiger partial charge in [0, 0.05) is 49.9 Å². The van der Waals surface area contributed by atoms with Crippen molar-refractivity contribution < 1.29 is 18.0 Å². The zero-order valence-electron chi connectivity index (χ0n) is 18.8. The van der Waals surface area contributed by atoms with Gasteiger partial charge in [0.2, 0.25) is 0 Å². The van der Waals surface area contributed by atoms with Gasteiger partial charge in [-0.15, -0.1) is 0 Å². The van der Waals surface area contributed by atoms with Crippen molar-refractivity contribution in [3.63, 3.8) is 0 Å². The molecule has 3 aromatic rings. The molecule has 1 spiro atoms. The summed E-state index contributed by atoms with van der Waals surface area (Å²) < 4.78 is 41.1. The lowest BCUT2D eigenvalue weighted by atomic mass is 9.72. The number of hydrogen-bond acceptors (Lipinski definition) is 5. The van der Waals surface area contributed by atoms with E-state index in [0.29, 0.717) is 29.3 Å². The fraction of sp³-hybridized carbons (Fsp3) is 0.308. The summed E-state index contributed by atoms with van der Waals surface area (Å²) in [6, 6.07) is 14.3. The third kappa shape index (κ3) is 4.37. The van der Waals surface area contributed by atoms with Gasteiger partial charge in [-0.3, -0.25) is 9.88 Å². The van der Waals surface area contributed by atoms with Gasteiger partial charge in [-0.1, -0.05) is 23.4 Å². The molecule has 0 bridgehead atoms. The average Bonchev–Trinajstić information content (AvgIpc) is 2.78. The second kappa shape index (κ2) is 9.10. The SMILES string of the molecule is CCO/N=C(\c1ccc(F)c(F)c1)c1ccc(CN2CC3(C2)CN(c2ccccc2F)C3)cn1. The number of nitrogens with zero attached hydrogens (tertiary/aromatic N) is 4. The van der Waals surface area contributed by atoms with Crippen LogP contribution in [-0.4, -0.2) is 48.4 Å². The minimum absolute atomic E-state index is 0.171. The van der Waals surface area contributed by atoms with Crippen molar-refractivity contribution in [1.29, 1.82) is 0 Å². The predicted molar refractivity (Wildman–Crippen MR) is 124 cm³/mol. The van der Waals surface area contributed by atoms with Gasteiger partial charge >= 0.3 is 0 Å². The van der Waals surface area contributed by atoms with Crippen molar-refractivity contribution in [1.82, 2.24) is 9.88 Å². The van der Waals surface area contributed by atoms with Crippen molar-refractivity contribution in [2.24, 2.45) is 10.6 Å². The van der Waals surface area contributed by atoms with E-state index in [2.05, 4.69) is 19.9 Å². The molecule has 0 aliphatic carbocycles. The maximum atomic E-state index is 14.0. The molecule has 0 saturated carbocycles. The van der Waals surface area contributed by atoms with Crippen LogP contribution in [0, 0.1) is 22.9 Å².